The molecule has 0 radical (unpaired) electrons. The van der Waals surface area contributed by atoms with E-state index in [9.17, 15) is 0 Å². The molecular formula is C24H21N. The van der Waals surface area contributed by atoms with Crippen LogP contribution in [-0.2, 0) is 0 Å². The maximum absolute atomic E-state index is 3.37. The topological polar surface area (TPSA) is 15.8 Å². The first-order valence-electron chi connectivity index (χ1n) is 8.62. The molecule has 0 fully saturated rings. The number of para-hydroxylation sites is 1. The van der Waals surface area contributed by atoms with Crippen molar-refractivity contribution in [2.45, 2.75) is 13.8 Å². The Kier molecular flexibility index (Phi) is 3.99. The molecule has 0 saturated carbocycles. The molecule has 122 valence electrons. The van der Waals surface area contributed by atoms with E-state index >= 15 is 0 Å². The van der Waals surface area contributed by atoms with Crippen molar-refractivity contribution in [1.29, 1.82) is 0 Å². The minimum absolute atomic E-state index is 1.17. The van der Waals surface area contributed by atoms with E-state index < -0.39 is 0 Å². The molecule has 1 aromatic heterocycles. The normalized spacial score (nSPS) is 10.8. The summed E-state index contributed by atoms with van der Waals surface area (Å²) in [5.41, 5.74) is 8.65. The lowest BCUT2D eigenvalue weighted by Gasteiger charge is -2.10. The predicted molar refractivity (Wildman–Crippen MR) is 108 cm³/mol. The number of benzene rings is 3. The minimum atomic E-state index is 1.17. The number of aromatic nitrogens is 1. The molecule has 1 N–H and O–H groups in total. The molecule has 4 rings (SSSR count). The van der Waals surface area contributed by atoms with Gasteiger partial charge >= 0.3 is 0 Å². The van der Waals surface area contributed by atoms with Crippen molar-refractivity contribution in [3.8, 4) is 0 Å². The van der Waals surface area contributed by atoms with Gasteiger partial charge < -0.3 is 4.98 Å². The van der Waals surface area contributed by atoms with Gasteiger partial charge in [0.25, 0.3) is 0 Å². The number of hydrogen-bond donors (Lipinski definition) is 1. The highest BCUT2D eigenvalue weighted by Crippen LogP contribution is 2.29. The summed E-state index contributed by atoms with van der Waals surface area (Å²) in [6, 6.07) is 25.9. The predicted octanol–water partition coefficient (Wildman–Crippen LogP) is 6.37. The van der Waals surface area contributed by atoms with Crippen LogP contribution in [0.3, 0.4) is 0 Å². The van der Waals surface area contributed by atoms with E-state index in [-0.39, 0.29) is 0 Å². The summed E-state index contributed by atoms with van der Waals surface area (Å²) < 4.78 is 0. The van der Waals surface area contributed by atoms with Crippen molar-refractivity contribution in [2.75, 3.05) is 0 Å². The van der Waals surface area contributed by atoms with Crippen LogP contribution in [0.5, 0.6) is 0 Å². The van der Waals surface area contributed by atoms with Crippen LogP contribution in [0, 0.1) is 13.8 Å². The molecule has 0 saturated heterocycles. The van der Waals surface area contributed by atoms with E-state index in [1.807, 2.05) is 0 Å². The molecule has 0 amide bonds. The Hall–Kier alpha value is -3.06. The highest BCUT2D eigenvalue weighted by atomic mass is 14.7. The first-order chi connectivity index (χ1) is 12.2. The summed E-state index contributed by atoms with van der Waals surface area (Å²) in [6.07, 6.45) is 4.38. The maximum atomic E-state index is 3.37. The Morgan fingerprint density at radius 2 is 1.28 bits per heavy atom. The summed E-state index contributed by atoms with van der Waals surface area (Å²) in [5, 5.41) is 1.25. The smallest absolute Gasteiger partial charge is 0.0460 e. The maximum Gasteiger partial charge on any atom is 0.0460 e. The van der Waals surface area contributed by atoms with Gasteiger partial charge in [-0.1, -0.05) is 77.9 Å². The van der Waals surface area contributed by atoms with Crippen molar-refractivity contribution >= 4 is 22.6 Å². The van der Waals surface area contributed by atoms with Gasteiger partial charge in [0.05, 0.1) is 0 Å². The van der Waals surface area contributed by atoms with Gasteiger partial charge in [-0.25, -0.2) is 0 Å². The molecule has 0 atom stereocenters. The third-order valence-corrected chi connectivity index (χ3v) is 4.65. The van der Waals surface area contributed by atoms with Crippen LogP contribution in [-0.4, -0.2) is 4.98 Å². The summed E-state index contributed by atoms with van der Waals surface area (Å²) in [5.74, 6) is 0. The van der Waals surface area contributed by atoms with E-state index in [4.69, 9.17) is 0 Å². The fourth-order valence-corrected chi connectivity index (χ4v) is 3.17. The van der Waals surface area contributed by atoms with Gasteiger partial charge in [-0.15, -0.1) is 0 Å². The molecule has 1 heteroatoms. The Labute approximate surface area is 148 Å². The molecule has 0 bridgehead atoms. The fourth-order valence-electron chi connectivity index (χ4n) is 3.17. The minimum Gasteiger partial charge on any atom is -0.361 e. The third kappa shape index (κ3) is 3.14. The molecule has 1 nitrogen and oxygen atoms in total. The lowest BCUT2D eigenvalue weighted by Crippen LogP contribution is -1.89. The SMILES string of the molecule is Cc1ccc(C(=Cc2c[nH]c3ccccc23)c2ccc(C)cc2)cc1. The average molecular weight is 323 g/mol. The molecule has 0 aliphatic carbocycles. The zero-order chi connectivity index (χ0) is 17.2. The van der Waals surface area contributed by atoms with Gasteiger partial charge in [-0.05, 0) is 42.7 Å². The second-order valence-corrected chi connectivity index (χ2v) is 6.58. The van der Waals surface area contributed by atoms with Crippen molar-refractivity contribution < 1.29 is 0 Å². The Bertz CT molecular complexity index is 984. The first-order valence-corrected chi connectivity index (χ1v) is 8.62. The summed E-state index contributed by atoms with van der Waals surface area (Å²) in [6.45, 7) is 4.25. The zero-order valence-corrected chi connectivity index (χ0v) is 14.6. The van der Waals surface area contributed by atoms with Crippen LogP contribution >= 0.6 is 0 Å². The third-order valence-electron chi connectivity index (χ3n) is 4.65. The quantitative estimate of drug-likeness (QED) is 0.450. The lowest BCUT2D eigenvalue weighted by molar-refractivity contribution is 1.43. The highest BCUT2D eigenvalue weighted by Gasteiger charge is 2.08. The van der Waals surface area contributed by atoms with E-state index in [0.29, 0.717) is 0 Å². The van der Waals surface area contributed by atoms with Crippen molar-refractivity contribution in [2.24, 2.45) is 0 Å². The van der Waals surface area contributed by atoms with Gasteiger partial charge in [0, 0.05) is 22.7 Å². The van der Waals surface area contributed by atoms with E-state index in [1.165, 1.54) is 44.3 Å². The van der Waals surface area contributed by atoms with E-state index in [1.54, 1.807) is 0 Å². The summed E-state index contributed by atoms with van der Waals surface area (Å²) >= 11 is 0. The molecule has 0 spiro atoms. The Morgan fingerprint density at radius 1 is 0.720 bits per heavy atom. The van der Waals surface area contributed by atoms with Crippen LogP contribution in [0.2, 0.25) is 0 Å². The lowest BCUT2D eigenvalue weighted by atomic mass is 9.94. The van der Waals surface area contributed by atoms with Crippen LogP contribution < -0.4 is 0 Å². The highest BCUT2D eigenvalue weighted by molar-refractivity contribution is 5.98. The van der Waals surface area contributed by atoms with Crippen molar-refractivity contribution in [1.82, 2.24) is 4.98 Å². The molecular weight excluding hydrogens is 302 g/mol. The fraction of sp³-hybridized carbons (Fsp3) is 0.0833. The van der Waals surface area contributed by atoms with Gasteiger partial charge in [-0.2, -0.15) is 0 Å². The molecule has 0 aliphatic heterocycles. The summed E-state index contributed by atoms with van der Waals surface area (Å²) in [7, 11) is 0. The number of H-pyrrole nitrogens is 1. The van der Waals surface area contributed by atoms with Gasteiger partial charge in [0.15, 0.2) is 0 Å². The van der Waals surface area contributed by atoms with E-state index in [2.05, 4.69) is 104 Å². The number of fused-ring (bicyclic) bond motifs is 1. The molecule has 4 aromatic rings. The number of aryl methyl sites for hydroxylation is 2. The van der Waals surface area contributed by atoms with Crippen LogP contribution in [0.25, 0.3) is 22.6 Å². The summed E-state index contributed by atoms with van der Waals surface area (Å²) in [4.78, 5) is 3.37. The van der Waals surface area contributed by atoms with E-state index in [0.717, 1.165) is 0 Å². The number of aromatic amines is 1. The second-order valence-electron chi connectivity index (χ2n) is 6.58. The second kappa shape index (κ2) is 6.45. The molecule has 0 unspecified atom stereocenters. The Morgan fingerprint density at radius 3 is 1.88 bits per heavy atom. The van der Waals surface area contributed by atoms with Crippen molar-refractivity contribution in [3.63, 3.8) is 0 Å². The Balaban J connectivity index is 1.90. The monoisotopic (exact) mass is 323 g/mol. The molecule has 0 aliphatic rings. The molecule has 25 heavy (non-hydrogen) atoms. The zero-order valence-electron chi connectivity index (χ0n) is 14.6. The van der Waals surface area contributed by atoms with Crippen LogP contribution in [0.15, 0.2) is 79.0 Å². The average Bonchev–Trinajstić information content (AvgIpc) is 3.05. The molecule has 3 aromatic carbocycles. The van der Waals surface area contributed by atoms with Gasteiger partial charge in [0.1, 0.15) is 0 Å². The number of nitrogens with one attached hydrogen (secondary N) is 1. The van der Waals surface area contributed by atoms with Crippen molar-refractivity contribution in [3.05, 3.63) is 107 Å². The largest absolute Gasteiger partial charge is 0.361 e. The first kappa shape index (κ1) is 15.5. The van der Waals surface area contributed by atoms with Gasteiger partial charge in [-0.3, -0.25) is 0 Å². The number of hydrogen-bond acceptors (Lipinski definition) is 0. The molecule has 1 heterocycles. The van der Waals surface area contributed by atoms with Crippen LogP contribution in [0.1, 0.15) is 27.8 Å². The number of rotatable bonds is 3. The van der Waals surface area contributed by atoms with Crippen LogP contribution in [0.4, 0.5) is 0 Å². The standard InChI is InChI=1S/C24H21N/c1-17-7-11-19(12-8-17)23(20-13-9-18(2)10-14-20)15-21-16-25-24-6-4-3-5-22(21)24/h3-16,25H,1-2H3. The van der Waals surface area contributed by atoms with Gasteiger partial charge in [0.2, 0.25) is 0 Å².